The van der Waals surface area contributed by atoms with Crippen LogP contribution < -0.4 is 5.32 Å². The number of hydrogen-bond donors (Lipinski definition) is 1. The average molecular weight is 290 g/mol. The van der Waals surface area contributed by atoms with E-state index in [4.69, 9.17) is 0 Å². The summed E-state index contributed by atoms with van der Waals surface area (Å²) in [5.41, 5.74) is 3.33. The number of hydrogen-bond acceptors (Lipinski definition) is 1. The summed E-state index contributed by atoms with van der Waals surface area (Å²) in [6.07, 6.45) is 8.89. The molecule has 0 saturated heterocycles. The van der Waals surface area contributed by atoms with Crippen molar-refractivity contribution >= 4 is 0 Å². The van der Waals surface area contributed by atoms with Gasteiger partial charge in [0.05, 0.1) is 0 Å². The van der Waals surface area contributed by atoms with Gasteiger partial charge in [-0.1, -0.05) is 6.42 Å². The fourth-order valence-electron chi connectivity index (χ4n) is 3.22. The Morgan fingerprint density at radius 1 is 1.14 bits per heavy atom. The molecule has 3 rings (SSSR count). The Balaban J connectivity index is 1.87. The van der Waals surface area contributed by atoms with E-state index in [1.165, 1.54) is 36.1 Å². The molecule has 1 aromatic heterocycles. The third-order valence-electron chi connectivity index (χ3n) is 4.20. The molecule has 0 amide bonds. The molecule has 112 valence electrons. The van der Waals surface area contributed by atoms with E-state index in [-0.39, 0.29) is 0 Å². The highest BCUT2D eigenvalue weighted by molar-refractivity contribution is 5.30. The standard InChI is InChI=1S/C17H20F2N2/c1-20-17-5-3-2-4-13-10-21(11-16(13)17)9-12-6-14(18)8-15(19)7-12/h6-8,10-11,17,20H,2-5,9H2,1H3. The van der Waals surface area contributed by atoms with Gasteiger partial charge in [0.1, 0.15) is 11.6 Å². The van der Waals surface area contributed by atoms with Crippen LogP contribution in [-0.2, 0) is 13.0 Å². The van der Waals surface area contributed by atoms with E-state index in [0.29, 0.717) is 18.2 Å². The highest BCUT2D eigenvalue weighted by Gasteiger charge is 2.19. The summed E-state index contributed by atoms with van der Waals surface area (Å²) in [4.78, 5) is 0. The Kier molecular flexibility index (Phi) is 4.06. The molecular formula is C17H20F2N2. The van der Waals surface area contributed by atoms with E-state index in [2.05, 4.69) is 17.7 Å². The fourth-order valence-corrected chi connectivity index (χ4v) is 3.22. The Hall–Kier alpha value is -1.68. The summed E-state index contributed by atoms with van der Waals surface area (Å²) >= 11 is 0. The zero-order chi connectivity index (χ0) is 14.8. The van der Waals surface area contributed by atoms with Crippen LogP contribution in [0.3, 0.4) is 0 Å². The van der Waals surface area contributed by atoms with E-state index >= 15 is 0 Å². The maximum absolute atomic E-state index is 13.3. The second-order valence-corrected chi connectivity index (χ2v) is 5.78. The van der Waals surface area contributed by atoms with Crippen molar-refractivity contribution in [2.75, 3.05) is 7.05 Å². The van der Waals surface area contributed by atoms with Crippen LogP contribution in [0.25, 0.3) is 0 Å². The SMILES string of the molecule is CNC1CCCCc2cn(Cc3cc(F)cc(F)c3)cc21. The van der Waals surface area contributed by atoms with Crippen LogP contribution in [0.5, 0.6) is 0 Å². The summed E-state index contributed by atoms with van der Waals surface area (Å²) in [6, 6.07) is 4.08. The van der Waals surface area contributed by atoms with Crippen molar-refractivity contribution in [1.29, 1.82) is 0 Å². The number of nitrogens with one attached hydrogen (secondary N) is 1. The molecule has 0 bridgehead atoms. The van der Waals surface area contributed by atoms with Crippen LogP contribution in [0.4, 0.5) is 8.78 Å². The molecule has 2 aromatic rings. The molecule has 0 saturated carbocycles. The monoisotopic (exact) mass is 290 g/mol. The van der Waals surface area contributed by atoms with Crippen LogP contribution in [0.15, 0.2) is 30.6 Å². The number of aryl methyl sites for hydroxylation is 1. The first-order valence-corrected chi connectivity index (χ1v) is 7.46. The van der Waals surface area contributed by atoms with E-state index < -0.39 is 11.6 Å². The zero-order valence-electron chi connectivity index (χ0n) is 12.2. The highest BCUT2D eigenvalue weighted by Crippen LogP contribution is 2.29. The van der Waals surface area contributed by atoms with Gasteiger partial charge in [0.2, 0.25) is 0 Å². The lowest BCUT2D eigenvalue weighted by atomic mass is 10.1. The molecule has 0 radical (unpaired) electrons. The molecule has 0 spiro atoms. The third-order valence-corrected chi connectivity index (χ3v) is 4.20. The van der Waals surface area contributed by atoms with Gasteiger partial charge in [-0.3, -0.25) is 0 Å². The minimum absolute atomic E-state index is 0.382. The van der Waals surface area contributed by atoms with Gasteiger partial charge in [0.25, 0.3) is 0 Å². The molecule has 1 unspecified atom stereocenters. The van der Waals surface area contributed by atoms with Crippen LogP contribution in [0, 0.1) is 11.6 Å². The Bertz CT molecular complexity index is 613. The molecule has 1 aliphatic rings. The van der Waals surface area contributed by atoms with Crippen molar-refractivity contribution < 1.29 is 8.78 Å². The third kappa shape index (κ3) is 3.16. The van der Waals surface area contributed by atoms with E-state index in [0.717, 1.165) is 18.9 Å². The molecule has 0 aliphatic heterocycles. The molecule has 1 aromatic carbocycles. The van der Waals surface area contributed by atoms with Crippen molar-refractivity contribution in [1.82, 2.24) is 9.88 Å². The lowest BCUT2D eigenvalue weighted by Gasteiger charge is -2.13. The van der Waals surface area contributed by atoms with Crippen LogP contribution in [0.1, 0.15) is 42.0 Å². The molecule has 21 heavy (non-hydrogen) atoms. The summed E-state index contributed by atoms with van der Waals surface area (Å²) in [7, 11) is 1.99. The molecule has 2 nitrogen and oxygen atoms in total. The predicted molar refractivity (Wildman–Crippen MR) is 79.2 cm³/mol. The van der Waals surface area contributed by atoms with Crippen molar-refractivity contribution in [3.05, 3.63) is 58.9 Å². The highest BCUT2D eigenvalue weighted by atomic mass is 19.1. The lowest BCUT2D eigenvalue weighted by molar-refractivity contribution is 0.530. The number of rotatable bonds is 3. The van der Waals surface area contributed by atoms with Crippen LogP contribution in [0.2, 0.25) is 0 Å². The van der Waals surface area contributed by atoms with Gasteiger partial charge in [-0.2, -0.15) is 0 Å². The van der Waals surface area contributed by atoms with Crippen LogP contribution in [-0.4, -0.2) is 11.6 Å². The van der Waals surface area contributed by atoms with Gasteiger partial charge in [0.15, 0.2) is 0 Å². The second kappa shape index (κ2) is 5.98. The zero-order valence-corrected chi connectivity index (χ0v) is 12.2. The summed E-state index contributed by atoms with van der Waals surface area (Å²) in [6.45, 7) is 0.498. The molecular weight excluding hydrogens is 270 g/mol. The van der Waals surface area contributed by atoms with Crippen molar-refractivity contribution in [2.45, 2.75) is 38.3 Å². The average Bonchev–Trinajstić information content (AvgIpc) is 2.71. The van der Waals surface area contributed by atoms with E-state index in [1.807, 2.05) is 11.6 Å². The first kappa shape index (κ1) is 14.3. The topological polar surface area (TPSA) is 17.0 Å². The number of aromatic nitrogens is 1. The number of halogens is 2. The second-order valence-electron chi connectivity index (χ2n) is 5.78. The summed E-state index contributed by atoms with van der Waals surface area (Å²) < 4.78 is 28.6. The minimum atomic E-state index is -0.521. The fraction of sp³-hybridized carbons (Fsp3) is 0.412. The summed E-state index contributed by atoms with van der Waals surface area (Å²) in [5, 5.41) is 3.36. The quantitative estimate of drug-likeness (QED) is 0.851. The maximum Gasteiger partial charge on any atom is 0.126 e. The smallest absolute Gasteiger partial charge is 0.126 e. The van der Waals surface area contributed by atoms with Gasteiger partial charge in [-0.15, -0.1) is 0 Å². The molecule has 4 heteroatoms. The Morgan fingerprint density at radius 2 is 1.90 bits per heavy atom. The molecule has 1 heterocycles. The van der Waals surface area contributed by atoms with Crippen LogP contribution >= 0.6 is 0 Å². The van der Waals surface area contributed by atoms with Gasteiger partial charge in [0, 0.05) is 31.0 Å². The number of fused-ring (bicyclic) bond motifs is 1. The number of benzene rings is 1. The maximum atomic E-state index is 13.3. The summed E-state index contributed by atoms with van der Waals surface area (Å²) in [5.74, 6) is -1.04. The molecule has 1 N–H and O–H groups in total. The lowest BCUT2D eigenvalue weighted by Crippen LogP contribution is -2.15. The first-order chi connectivity index (χ1) is 10.2. The van der Waals surface area contributed by atoms with Crippen molar-refractivity contribution in [2.24, 2.45) is 0 Å². The number of nitrogens with zero attached hydrogens (tertiary/aromatic N) is 1. The Labute approximate surface area is 123 Å². The molecule has 0 fully saturated rings. The predicted octanol–water partition coefficient (Wildman–Crippen LogP) is 3.80. The normalized spacial score (nSPS) is 18.3. The van der Waals surface area contributed by atoms with E-state index in [1.54, 1.807) is 0 Å². The Morgan fingerprint density at radius 3 is 2.62 bits per heavy atom. The molecule has 1 atom stereocenters. The minimum Gasteiger partial charge on any atom is -0.349 e. The largest absolute Gasteiger partial charge is 0.349 e. The van der Waals surface area contributed by atoms with Gasteiger partial charge in [-0.25, -0.2) is 8.78 Å². The van der Waals surface area contributed by atoms with Gasteiger partial charge in [-0.05, 0) is 55.1 Å². The van der Waals surface area contributed by atoms with Crippen molar-refractivity contribution in [3.63, 3.8) is 0 Å². The molecule has 1 aliphatic carbocycles. The van der Waals surface area contributed by atoms with Crippen molar-refractivity contribution in [3.8, 4) is 0 Å². The van der Waals surface area contributed by atoms with E-state index in [9.17, 15) is 8.78 Å². The van der Waals surface area contributed by atoms with Gasteiger partial charge >= 0.3 is 0 Å². The van der Waals surface area contributed by atoms with Gasteiger partial charge < -0.3 is 9.88 Å². The first-order valence-electron chi connectivity index (χ1n) is 7.46.